The van der Waals surface area contributed by atoms with Gasteiger partial charge in [-0.1, -0.05) is 18.6 Å². The Kier molecular flexibility index (Phi) is 3.22. The minimum atomic E-state index is -0.702. The quantitative estimate of drug-likeness (QED) is 0.834. The van der Waals surface area contributed by atoms with Crippen LogP contribution in [0.15, 0.2) is 24.3 Å². The fraction of sp³-hybridized carbons (Fsp3) is 0.462. The third-order valence-electron chi connectivity index (χ3n) is 3.36. The van der Waals surface area contributed by atoms with Crippen LogP contribution in [-0.4, -0.2) is 11.1 Å². The zero-order valence-corrected chi connectivity index (χ0v) is 9.03. The Labute approximate surface area is 94.1 Å². The number of benzene rings is 1. The van der Waals surface area contributed by atoms with E-state index in [9.17, 15) is 9.18 Å². The van der Waals surface area contributed by atoms with E-state index in [2.05, 4.69) is 0 Å². The number of rotatable bonds is 2. The lowest BCUT2D eigenvalue weighted by atomic mass is 9.78. The molecule has 2 rings (SSSR count). The van der Waals surface area contributed by atoms with Gasteiger partial charge in [0.15, 0.2) is 0 Å². The van der Waals surface area contributed by atoms with Crippen LogP contribution in [0.2, 0.25) is 0 Å². The second-order valence-electron chi connectivity index (χ2n) is 4.45. The van der Waals surface area contributed by atoms with E-state index < -0.39 is 5.97 Å². The van der Waals surface area contributed by atoms with Crippen LogP contribution in [0, 0.1) is 11.7 Å². The van der Waals surface area contributed by atoms with Crippen molar-refractivity contribution in [2.75, 3.05) is 0 Å². The van der Waals surface area contributed by atoms with E-state index in [1.807, 2.05) is 0 Å². The van der Waals surface area contributed by atoms with Gasteiger partial charge in [0.05, 0.1) is 5.92 Å². The fourth-order valence-electron chi connectivity index (χ4n) is 2.45. The van der Waals surface area contributed by atoms with Crippen molar-refractivity contribution in [2.45, 2.75) is 31.6 Å². The highest BCUT2D eigenvalue weighted by Gasteiger charge is 2.27. The van der Waals surface area contributed by atoms with Crippen LogP contribution in [-0.2, 0) is 4.79 Å². The molecule has 0 bridgehead atoms. The molecule has 2 unspecified atom stereocenters. The molecule has 2 nitrogen and oxygen atoms in total. The number of hydrogen-bond donors (Lipinski definition) is 1. The van der Waals surface area contributed by atoms with Crippen LogP contribution in [0.3, 0.4) is 0 Å². The zero-order valence-electron chi connectivity index (χ0n) is 9.03. The maximum Gasteiger partial charge on any atom is 0.306 e. The number of aliphatic carboxylic acids is 1. The number of carboxylic acid groups (broad SMARTS) is 1. The standard InChI is InChI=1S/C13H15FO2/c14-12-6-4-9(5-7-12)10-2-1-3-11(8-10)13(15)16/h4-7,10-11H,1-3,8H2,(H,15,16). The molecule has 0 aliphatic heterocycles. The normalized spacial score (nSPS) is 25.3. The monoisotopic (exact) mass is 222 g/mol. The molecule has 0 spiro atoms. The molecule has 0 heterocycles. The van der Waals surface area contributed by atoms with Gasteiger partial charge in [0.1, 0.15) is 5.82 Å². The maximum absolute atomic E-state index is 12.8. The molecule has 1 aromatic rings. The van der Waals surface area contributed by atoms with Crippen LogP contribution < -0.4 is 0 Å². The molecule has 16 heavy (non-hydrogen) atoms. The lowest BCUT2D eigenvalue weighted by Gasteiger charge is -2.26. The lowest BCUT2D eigenvalue weighted by molar-refractivity contribution is -0.142. The molecule has 0 aromatic heterocycles. The molecule has 3 heteroatoms. The average molecular weight is 222 g/mol. The van der Waals surface area contributed by atoms with Gasteiger partial charge in [0.25, 0.3) is 0 Å². The molecule has 1 aromatic carbocycles. The van der Waals surface area contributed by atoms with Gasteiger partial charge in [-0.05, 0) is 42.9 Å². The average Bonchev–Trinajstić information content (AvgIpc) is 2.30. The van der Waals surface area contributed by atoms with Gasteiger partial charge in [0.2, 0.25) is 0 Å². The Morgan fingerprint density at radius 2 is 1.94 bits per heavy atom. The second kappa shape index (κ2) is 4.64. The number of carboxylic acids is 1. The van der Waals surface area contributed by atoms with Crippen molar-refractivity contribution in [1.82, 2.24) is 0 Å². The molecule has 0 amide bonds. The van der Waals surface area contributed by atoms with E-state index in [0.717, 1.165) is 24.8 Å². The molecule has 0 saturated heterocycles. The largest absolute Gasteiger partial charge is 0.481 e. The first kappa shape index (κ1) is 11.1. The van der Waals surface area contributed by atoms with Gasteiger partial charge in [-0.2, -0.15) is 0 Å². The van der Waals surface area contributed by atoms with Gasteiger partial charge in [-0.3, -0.25) is 4.79 Å². The van der Waals surface area contributed by atoms with Gasteiger partial charge in [0, 0.05) is 0 Å². The summed E-state index contributed by atoms with van der Waals surface area (Å²) >= 11 is 0. The van der Waals surface area contributed by atoms with E-state index in [1.54, 1.807) is 12.1 Å². The van der Waals surface area contributed by atoms with E-state index in [4.69, 9.17) is 5.11 Å². The first-order valence-corrected chi connectivity index (χ1v) is 5.65. The van der Waals surface area contributed by atoms with Crippen molar-refractivity contribution in [2.24, 2.45) is 5.92 Å². The van der Waals surface area contributed by atoms with Gasteiger partial charge >= 0.3 is 5.97 Å². The highest BCUT2D eigenvalue weighted by molar-refractivity contribution is 5.70. The summed E-state index contributed by atoms with van der Waals surface area (Å²) < 4.78 is 12.8. The molecule has 1 aliphatic rings. The Morgan fingerprint density at radius 1 is 1.25 bits per heavy atom. The molecular formula is C13H15FO2. The summed E-state index contributed by atoms with van der Waals surface area (Å²) in [7, 11) is 0. The molecule has 2 atom stereocenters. The Hall–Kier alpha value is -1.38. The van der Waals surface area contributed by atoms with Crippen molar-refractivity contribution >= 4 is 5.97 Å². The predicted octanol–water partition coefficient (Wildman–Crippen LogP) is 3.18. The topological polar surface area (TPSA) is 37.3 Å². The predicted molar refractivity (Wildman–Crippen MR) is 58.7 cm³/mol. The van der Waals surface area contributed by atoms with Crippen LogP contribution >= 0.6 is 0 Å². The van der Waals surface area contributed by atoms with E-state index in [0.29, 0.717) is 6.42 Å². The summed E-state index contributed by atoms with van der Waals surface area (Å²) in [6.45, 7) is 0. The van der Waals surface area contributed by atoms with Crippen LogP contribution in [0.1, 0.15) is 37.2 Å². The summed E-state index contributed by atoms with van der Waals surface area (Å²) in [4.78, 5) is 10.9. The number of carbonyl (C=O) groups is 1. The van der Waals surface area contributed by atoms with Crippen LogP contribution in [0.4, 0.5) is 4.39 Å². The minimum absolute atomic E-state index is 0.233. The first-order chi connectivity index (χ1) is 7.66. The summed E-state index contributed by atoms with van der Waals surface area (Å²) in [6, 6.07) is 6.42. The second-order valence-corrected chi connectivity index (χ2v) is 4.45. The van der Waals surface area contributed by atoms with Crippen LogP contribution in [0.25, 0.3) is 0 Å². The van der Waals surface area contributed by atoms with E-state index in [-0.39, 0.29) is 17.7 Å². The minimum Gasteiger partial charge on any atom is -0.481 e. The van der Waals surface area contributed by atoms with E-state index in [1.165, 1.54) is 12.1 Å². The zero-order chi connectivity index (χ0) is 11.5. The molecular weight excluding hydrogens is 207 g/mol. The van der Waals surface area contributed by atoms with Crippen molar-refractivity contribution in [3.63, 3.8) is 0 Å². The van der Waals surface area contributed by atoms with E-state index >= 15 is 0 Å². The van der Waals surface area contributed by atoms with Crippen molar-refractivity contribution in [3.05, 3.63) is 35.6 Å². The molecule has 1 N–H and O–H groups in total. The van der Waals surface area contributed by atoms with Crippen molar-refractivity contribution in [3.8, 4) is 0 Å². The highest BCUT2D eigenvalue weighted by atomic mass is 19.1. The highest BCUT2D eigenvalue weighted by Crippen LogP contribution is 2.36. The maximum atomic E-state index is 12.8. The van der Waals surface area contributed by atoms with Crippen LogP contribution in [0.5, 0.6) is 0 Å². The summed E-state index contributed by atoms with van der Waals surface area (Å²) in [5.41, 5.74) is 1.06. The SMILES string of the molecule is O=C(O)C1CCCC(c2ccc(F)cc2)C1. The molecule has 1 saturated carbocycles. The summed E-state index contributed by atoms with van der Waals surface area (Å²) in [5, 5.41) is 8.99. The Balaban J connectivity index is 2.09. The Morgan fingerprint density at radius 3 is 2.56 bits per heavy atom. The molecule has 1 fully saturated rings. The fourth-order valence-corrected chi connectivity index (χ4v) is 2.45. The third-order valence-corrected chi connectivity index (χ3v) is 3.36. The number of halogens is 1. The lowest BCUT2D eigenvalue weighted by Crippen LogP contribution is -2.21. The van der Waals surface area contributed by atoms with Crippen molar-refractivity contribution < 1.29 is 14.3 Å². The van der Waals surface area contributed by atoms with Gasteiger partial charge in [-0.15, -0.1) is 0 Å². The van der Waals surface area contributed by atoms with Gasteiger partial charge < -0.3 is 5.11 Å². The first-order valence-electron chi connectivity index (χ1n) is 5.65. The molecule has 86 valence electrons. The van der Waals surface area contributed by atoms with Gasteiger partial charge in [-0.25, -0.2) is 4.39 Å². The Bertz CT molecular complexity index is 372. The number of hydrogen-bond acceptors (Lipinski definition) is 1. The third kappa shape index (κ3) is 2.40. The summed E-state index contributed by atoms with van der Waals surface area (Å²) in [6.07, 6.45) is 3.41. The molecule has 1 aliphatic carbocycles. The smallest absolute Gasteiger partial charge is 0.306 e. The summed E-state index contributed by atoms with van der Waals surface area (Å²) in [5.74, 6) is -0.902. The molecule has 0 radical (unpaired) electrons. The van der Waals surface area contributed by atoms with Crippen molar-refractivity contribution in [1.29, 1.82) is 0 Å².